The molecule has 4 aliphatic rings. The highest BCUT2D eigenvalue weighted by atomic mass is 32.1. The molecule has 0 amide bonds. The quantitative estimate of drug-likeness (QED) is 0.145. The second-order valence-corrected chi connectivity index (χ2v) is 16.0. The number of thiophene rings is 1. The smallest absolute Gasteiger partial charge is 0.118 e. The minimum absolute atomic E-state index is 0.764. The summed E-state index contributed by atoms with van der Waals surface area (Å²) < 4.78 is 22.4. The molecule has 0 saturated carbocycles. The van der Waals surface area contributed by atoms with E-state index in [4.69, 9.17) is 33.9 Å². The Hall–Kier alpha value is -7.55. The molecule has 62 heavy (non-hydrogen) atoms. The van der Waals surface area contributed by atoms with Gasteiger partial charge in [-0.25, -0.2) is 4.99 Å². The van der Waals surface area contributed by atoms with Gasteiger partial charge < -0.3 is 18.9 Å². The van der Waals surface area contributed by atoms with Crippen molar-refractivity contribution in [3.63, 3.8) is 0 Å². The topological polar surface area (TPSA) is 74.0 Å². The van der Waals surface area contributed by atoms with Gasteiger partial charge in [-0.2, -0.15) is 0 Å². The summed E-state index contributed by atoms with van der Waals surface area (Å²) in [5, 5.41) is 0. The van der Waals surface area contributed by atoms with Crippen molar-refractivity contribution < 1.29 is 18.9 Å². The Kier molecular flexibility index (Phi) is 10.1. The first kappa shape index (κ1) is 38.6. The van der Waals surface area contributed by atoms with Gasteiger partial charge in [0.15, 0.2) is 0 Å². The summed E-state index contributed by atoms with van der Waals surface area (Å²) in [6.07, 6.45) is 12.8. The number of rotatable bonds is 9. The van der Waals surface area contributed by atoms with Crippen LogP contribution in [0.3, 0.4) is 0 Å². The van der Waals surface area contributed by atoms with Gasteiger partial charge in [0.25, 0.3) is 0 Å². The number of aliphatic imine (C=N–C) groups is 3. The molecule has 6 aromatic rings. The molecule has 8 bridgehead atoms. The van der Waals surface area contributed by atoms with Crippen molar-refractivity contribution in [1.82, 2.24) is 0 Å². The van der Waals surface area contributed by atoms with Crippen LogP contribution in [0.5, 0.6) is 23.0 Å². The molecule has 0 aliphatic carbocycles. The van der Waals surface area contributed by atoms with E-state index in [1.807, 2.05) is 54.6 Å². The number of fused-ring (bicyclic) bond motifs is 5. The largest absolute Gasteiger partial charge is 0.497 e. The molecule has 0 radical (unpaired) electrons. The zero-order valence-corrected chi connectivity index (χ0v) is 35.4. The standard InChI is InChI=1S/C54H41N3O4S/c1-58-39-18-10-34(11-19-39)51-43-26-27-45(55-43)52(35-12-20-40(59-2)21-13-35)47-30-31-48(62-47)53(36-14-22-41(60-3)23-15-36)46-29-33-50(57-46)54(37-8-6-5-7-9-37,49-32-28-44(51)56-49)38-16-24-42(61-4)25-17-38/h5-33H,1-4H3/b51-44-,52-45-,53-46-. The summed E-state index contributed by atoms with van der Waals surface area (Å²) in [5.41, 5.74) is 12.0. The van der Waals surface area contributed by atoms with Crippen molar-refractivity contribution in [3.05, 3.63) is 231 Å². The lowest BCUT2D eigenvalue weighted by Gasteiger charge is -2.34. The van der Waals surface area contributed by atoms with E-state index in [0.29, 0.717) is 0 Å². The number of methoxy groups -OCH3 is 4. The lowest BCUT2D eigenvalue weighted by Crippen LogP contribution is -2.42. The number of hydrogen-bond donors (Lipinski definition) is 0. The molecule has 4 aliphatic heterocycles. The average molecular weight is 828 g/mol. The Labute approximate surface area is 365 Å². The Morgan fingerprint density at radius 1 is 0.371 bits per heavy atom. The Morgan fingerprint density at radius 2 is 0.758 bits per heavy atom. The van der Waals surface area contributed by atoms with Crippen LogP contribution >= 0.6 is 11.3 Å². The van der Waals surface area contributed by atoms with Crippen LogP contribution in [-0.4, -0.2) is 45.6 Å². The zero-order chi connectivity index (χ0) is 42.2. The van der Waals surface area contributed by atoms with Gasteiger partial charge >= 0.3 is 0 Å². The van der Waals surface area contributed by atoms with Crippen molar-refractivity contribution in [2.75, 3.05) is 28.4 Å². The van der Waals surface area contributed by atoms with Crippen LogP contribution in [0.15, 0.2) is 208 Å². The first-order valence-electron chi connectivity index (χ1n) is 20.3. The van der Waals surface area contributed by atoms with Gasteiger partial charge in [0.2, 0.25) is 0 Å². The van der Waals surface area contributed by atoms with E-state index >= 15 is 0 Å². The highest BCUT2D eigenvalue weighted by Gasteiger charge is 2.45. The molecule has 0 fully saturated rings. The lowest BCUT2D eigenvalue weighted by molar-refractivity contribution is 0.414. The first-order valence-corrected chi connectivity index (χ1v) is 21.1. The molecule has 0 spiro atoms. The lowest BCUT2D eigenvalue weighted by atomic mass is 9.67. The van der Waals surface area contributed by atoms with Gasteiger partial charge in [-0.3, -0.25) is 9.98 Å². The molecule has 8 heteroatoms. The van der Waals surface area contributed by atoms with Gasteiger partial charge in [0.1, 0.15) is 28.4 Å². The van der Waals surface area contributed by atoms with Crippen molar-refractivity contribution >= 4 is 45.2 Å². The van der Waals surface area contributed by atoms with E-state index in [-0.39, 0.29) is 0 Å². The van der Waals surface area contributed by atoms with Crippen LogP contribution < -0.4 is 18.9 Å². The summed E-state index contributed by atoms with van der Waals surface area (Å²) in [6.45, 7) is 0. The van der Waals surface area contributed by atoms with E-state index in [0.717, 1.165) is 112 Å². The first-order chi connectivity index (χ1) is 30.5. The van der Waals surface area contributed by atoms with E-state index in [2.05, 4.69) is 121 Å². The van der Waals surface area contributed by atoms with Crippen LogP contribution in [0.4, 0.5) is 0 Å². The minimum atomic E-state index is -0.933. The van der Waals surface area contributed by atoms with Gasteiger partial charge in [0, 0.05) is 26.5 Å². The fourth-order valence-corrected chi connectivity index (χ4v) is 9.78. The molecule has 10 rings (SSSR count). The second-order valence-electron chi connectivity index (χ2n) is 15.0. The van der Waals surface area contributed by atoms with Gasteiger partial charge in [-0.05, 0) is 125 Å². The fraction of sp³-hybridized carbons (Fsp3) is 0.0926. The maximum Gasteiger partial charge on any atom is 0.118 e. The summed E-state index contributed by atoms with van der Waals surface area (Å²) in [6, 6.07) is 47.7. The molecular weight excluding hydrogens is 787 g/mol. The third kappa shape index (κ3) is 6.65. The molecular formula is C54H41N3O4S. The number of allylic oxidation sites excluding steroid dienone is 7. The predicted octanol–water partition coefficient (Wildman–Crippen LogP) is 11.7. The van der Waals surface area contributed by atoms with Crippen LogP contribution in [0.2, 0.25) is 0 Å². The Bertz CT molecular complexity index is 3000. The third-order valence-electron chi connectivity index (χ3n) is 11.7. The summed E-state index contributed by atoms with van der Waals surface area (Å²) in [7, 11) is 6.74. The van der Waals surface area contributed by atoms with Crippen molar-refractivity contribution in [2.24, 2.45) is 15.0 Å². The molecule has 0 N–H and O–H groups in total. The number of hydrogen-bond acceptors (Lipinski definition) is 8. The molecule has 302 valence electrons. The number of benzene rings is 5. The molecule has 7 nitrogen and oxygen atoms in total. The molecule has 0 saturated heterocycles. The normalized spacial score (nSPS) is 21.1. The molecule has 1 unspecified atom stereocenters. The Balaban J connectivity index is 1.32. The van der Waals surface area contributed by atoms with Gasteiger partial charge in [-0.1, -0.05) is 78.9 Å². The van der Waals surface area contributed by atoms with E-state index < -0.39 is 5.41 Å². The molecule has 1 atom stereocenters. The van der Waals surface area contributed by atoms with E-state index in [1.54, 1.807) is 39.8 Å². The zero-order valence-electron chi connectivity index (χ0n) is 34.6. The number of ether oxygens (including phenoxy) is 4. The van der Waals surface area contributed by atoms with Crippen molar-refractivity contribution in [3.8, 4) is 23.0 Å². The fourth-order valence-electron chi connectivity index (χ4n) is 8.62. The van der Waals surface area contributed by atoms with E-state index in [9.17, 15) is 0 Å². The van der Waals surface area contributed by atoms with Crippen molar-refractivity contribution in [1.29, 1.82) is 0 Å². The van der Waals surface area contributed by atoms with Crippen LogP contribution in [-0.2, 0) is 5.41 Å². The monoisotopic (exact) mass is 827 g/mol. The van der Waals surface area contributed by atoms with Crippen LogP contribution in [0.25, 0.3) is 16.7 Å². The van der Waals surface area contributed by atoms with Crippen molar-refractivity contribution in [2.45, 2.75) is 5.41 Å². The molecule has 5 aromatic carbocycles. The van der Waals surface area contributed by atoms with Gasteiger partial charge in [-0.15, -0.1) is 11.3 Å². The van der Waals surface area contributed by atoms with Crippen LogP contribution in [0, 0.1) is 0 Å². The summed E-state index contributed by atoms with van der Waals surface area (Å²) >= 11 is 1.72. The van der Waals surface area contributed by atoms with E-state index in [1.165, 1.54) is 0 Å². The number of nitrogens with zero attached hydrogens (tertiary/aromatic N) is 3. The molecule has 1 aromatic heterocycles. The van der Waals surface area contributed by atoms with Gasteiger partial charge in [0.05, 0.1) is 62.7 Å². The average Bonchev–Trinajstić information content (AvgIpc) is 4.19. The van der Waals surface area contributed by atoms with Crippen LogP contribution in [0.1, 0.15) is 37.6 Å². The highest BCUT2D eigenvalue weighted by molar-refractivity contribution is 7.14. The molecule has 5 heterocycles. The maximum atomic E-state index is 5.68. The SMILES string of the molecule is COc1ccc(/C2=C3\C=CC(=N3)C(c3ccccc3)(c3ccc(OC)cc3)C3=N/C(=C(/c4ccc(OC)cc4)c4ccc(s4)/C(c4ccc(OC)cc4)=C4/C=CC2=N4)C=C3)cc1. The maximum absolute atomic E-state index is 5.68. The second kappa shape index (κ2) is 16.1. The minimum Gasteiger partial charge on any atom is -0.497 e. The summed E-state index contributed by atoms with van der Waals surface area (Å²) in [4.78, 5) is 18.9. The third-order valence-corrected chi connectivity index (χ3v) is 12.8. The Morgan fingerprint density at radius 3 is 1.23 bits per heavy atom. The summed E-state index contributed by atoms with van der Waals surface area (Å²) in [5.74, 6) is 3.10. The predicted molar refractivity (Wildman–Crippen MR) is 252 cm³/mol. The highest BCUT2D eigenvalue weighted by Crippen LogP contribution is 2.46.